The molecule has 1 amide bonds. The van der Waals surface area contributed by atoms with Crippen LogP contribution in [0.15, 0.2) is 36.7 Å². The molecule has 1 aromatic carbocycles. The first-order chi connectivity index (χ1) is 13.6. The molecular weight excluding hydrogens is 358 g/mol. The molecular formula is C21H25N3O4. The van der Waals surface area contributed by atoms with Gasteiger partial charge in [0.25, 0.3) is 5.91 Å². The number of nitrogens with one attached hydrogen (secondary N) is 1. The molecule has 3 rings (SSSR count). The first-order valence-corrected chi connectivity index (χ1v) is 9.39. The van der Waals surface area contributed by atoms with E-state index in [1.54, 1.807) is 18.3 Å². The van der Waals surface area contributed by atoms with Crippen molar-refractivity contribution in [1.29, 1.82) is 0 Å². The summed E-state index contributed by atoms with van der Waals surface area (Å²) in [5.41, 5.74) is 2.86. The molecule has 0 fully saturated rings. The number of rotatable bonds is 8. The molecule has 0 unspecified atom stereocenters. The van der Waals surface area contributed by atoms with E-state index in [9.17, 15) is 4.79 Å². The number of anilines is 1. The van der Waals surface area contributed by atoms with Gasteiger partial charge in [-0.2, -0.15) is 0 Å². The zero-order chi connectivity index (χ0) is 20.1. The Hall–Kier alpha value is -3.22. The summed E-state index contributed by atoms with van der Waals surface area (Å²) in [5.74, 6) is 1.23. The number of benzene rings is 1. The van der Waals surface area contributed by atoms with Crippen LogP contribution >= 0.6 is 0 Å². The molecule has 0 spiro atoms. The first-order valence-electron chi connectivity index (χ1n) is 9.39. The number of aryl methyl sites for hydroxylation is 1. The van der Waals surface area contributed by atoms with Crippen LogP contribution in [-0.4, -0.2) is 35.1 Å². The highest BCUT2D eigenvalue weighted by Crippen LogP contribution is 2.39. The van der Waals surface area contributed by atoms with Crippen LogP contribution in [0.5, 0.6) is 17.2 Å². The highest BCUT2D eigenvalue weighted by atomic mass is 16.5. The molecule has 0 atom stereocenters. The molecule has 2 heterocycles. The zero-order valence-electron chi connectivity index (χ0n) is 16.6. The lowest BCUT2D eigenvalue weighted by Gasteiger charge is -2.17. The second-order valence-corrected chi connectivity index (χ2v) is 6.04. The average Bonchev–Trinajstić information content (AvgIpc) is 3.16. The van der Waals surface area contributed by atoms with Gasteiger partial charge in [0.1, 0.15) is 5.65 Å². The predicted octanol–water partition coefficient (Wildman–Crippen LogP) is 4.09. The van der Waals surface area contributed by atoms with Crippen molar-refractivity contribution in [2.24, 2.45) is 0 Å². The van der Waals surface area contributed by atoms with Crippen LogP contribution in [0.3, 0.4) is 0 Å². The fourth-order valence-corrected chi connectivity index (χ4v) is 2.98. The van der Waals surface area contributed by atoms with E-state index in [0.29, 0.717) is 48.3 Å². The van der Waals surface area contributed by atoms with E-state index in [1.807, 2.05) is 50.4 Å². The van der Waals surface area contributed by atoms with E-state index >= 15 is 0 Å². The van der Waals surface area contributed by atoms with Crippen molar-refractivity contribution in [2.45, 2.75) is 27.7 Å². The standard InChI is InChI=1S/C21H25N3O4/c1-5-26-17-12-15(13-18(27-6-2)20(17)28-7-3)21(25)23-16-8-9-19-22-10-11-24(19)14(16)4/h8-13H,5-7H2,1-4H3,(H,23,25). The molecule has 0 aliphatic carbocycles. The zero-order valence-corrected chi connectivity index (χ0v) is 16.6. The van der Waals surface area contributed by atoms with Gasteiger partial charge >= 0.3 is 0 Å². The minimum Gasteiger partial charge on any atom is -0.490 e. The Bertz CT molecular complexity index is 954. The first kappa shape index (κ1) is 19.5. The summed E-state index contributed by atoms with van der Waals surface area (Å²) in [6.45, 7) is 8.95. The molecule has 0 bridgehead atoms. The van der Waals surface area contributed by atoms with Crippen molar-refractivity contribution in [3.05, 3.63) is 47.9 Å². The maximum atomic E-state index is 12.9. The SMILES string of the molecule is CCOc1cc(C(=O)Nc2ccc3nccn3c2C)cc(OCC)c1OCC. The Balaban J connectivity index is 1.96. The van der Waals surface area contributed by atoms with Crippen molar-refractivity contribution >= 4 is 17.2 Å². The third-order valence-corrected chi connectivity index (χ3v) is 4.24. The van der Waals surface area contributed by atoms with Crippen LogP contribution in [0.4, 0.5) is 5.69 Å². The Kier molecular flexibility index (Phi) is 6.03. The number of hydrogen-bond donors (Lipinski definition) is 1. The van der Waals surface area contributed by atoms with E-state index in [-0.39, 0.29) is 5.91 Å². The fourth-order valence-electron chi connectivity index (χ4n) is 2.98. The third kappa shape index (κ3) is 3.88. The van der Waals surface area contributed by atoms with Crippen molar-refractivity contribution in [1.82, 2.24) is 9.38 Å². The largest absolute Gasteiger partial charge is 0.490 e. The second-order valence-electron chi connectivity index (χ2n) is 6.04. The second kappa shape index (κ2) is 8.65. The number of carbonyl (C=O) groups excluding carboxylic acids is 1. The van der Waals surface area contributed by atoms with E-state index in [2.05, 4.69) is 10.3 Å². The summed E-state index contributed by atoms with van der Waals surface area (Å²) in [6.07, 6.45) is 3.58. The van der Waals surface area contributed by atoms with Crippen molar-refractivity contribution in [3.8, 4) is 17.2 Å². The van der Waals surface area contributed by atoms with Crippen LogP contribution in [-0.2, 0) is 0 Å². The average molecular weight is 383 g/mol. The highest BCUT2D eigenvalue weighted by Gasteiger charge is 2.19. The molecule has 0 aliphatic heterocycles. The number of nitrogens with zero attached hydrogens (tertiary/aromatic N) is 2. The van der Waals surface area contributed by atoms with Crippen LogP contribution in [0.2, 0.25) is 0 Å². The quantitative estimate of drug-likeness (QED) is 0.634. The van der Waals surface area contributed by atoms with Crippen LogP contribution in [0.25, 0.3) is 5.65 Å². The Morgan fingerprint density at radius 2 is 1.68 bits per heavy atom. The summed E-state index contributed by atoms with van der Waals surface area (Å²) >= 11 is 0. The summed E-state index contributed by atoms with van der Waals surface area (Å²) in [7, 11) is 0. The summed E-state index contributed by atoms with van der Waals surface area (Å²) in [5, 5.41) is 2.96. The van der Waals surface area contributed by atoms with Gasteiger partial charge in [0.2, 0.25) is 5.75 Å². The van der Waals surface area contributed by atoms with Crippen molar-refractivity contribution in [2.75, 3.05) is 25.1 Å². The van der Waals surface area contributed by atoms with Gasteiger partial charge < -0.3 is 23.9 Å². The normalized spacial score (nSPS) is 10.7. The van der Waals surface area contributed by atoms with Gasteiger partial charge in [-0.15, -0.1) is 0 Å². The van der Waals surface area contributed by atoms with Crippen molar-refractivity contribution < 1.29 is 19.0 Å². The van der Waals surface area contributed by atoms with Gasteiger partial charge in [0, 0.05) is 23.7 Å². The number of imidazole rings is 1. The molecule has 7 heteroatoms. The lowest BCUT2D eigenvalue weighted by atomic mass is 10.1. The van der Waals surface area contributed by atoms with Gasteiger partial charge in [-0.25, -0.2) is 4.98 Å². The lowest BCUT2D eigenvalue weighted by Crippen LogP contribution is -2.15. The number of fused-ring (bicyclic) bond motifs is 1. The third-order valence-electron chi connectivity index (χ3n) is 4.24. The maximum absolute atomic E-state index is 12.9. The molecule has 0 saturated carbocycles. The monoisotopic (exact) mass is 383 g/mol. The Morgan fingerprint density at radius 3 is 2.29 bits per heavy atom. The molecule has 28 heavy (non-hydrogen) atoms. The summed E-state index contributed by atoms with van der Waals surface area (Å²) in [4.78, 5) is 17.2. The van der Waals surface area contributed by atoms with E-state index in [1.165, 1.54) is 0 Å². The summed E-state index contributed by atoms with van der Waals surface area (Å²) < 4.78 is 19.0. The molecule has 3 aromatic rings. The van der Waals surface area contributed by atoms with Gasteiger partial charge in [-0.05, 0) is 52.0 Å². The van der Waals surface area contributed by atoms with Crippen LogP contribution < -0.4 is 19.5 Å². The van der Waals surface area contributed by atoms with Gasteiger partial charge in [0.15, 0.2) is 11.5 Å². The molecule has 0 radical (unpaired) electrons. The number of carbonyl (C=O) groups is 1. The molecule has 1 N–H and O–H groups in total. The number of hydrogen-bond acceptors (Lipinski definition) is 5. The van der Waals surface area contributed by atoms with Crippen molar-refractivity contribution in [3.63, 3.8) is 0 Å². The van der Waals surface area contributed by atoms with Gasteiger partial charge in [-0.3, -0.25) is 4.79 Å². The number of pyridine rings is 1. The smallest absolute Gasteiger partial charge is 0.255 e. The van der Waals surface area contributed by atoms with Gasteiger partial charge in [-0.1, -0.05) is 0 Å². The summed E-state index contributed by atoms with van der Waals surface area (Å²) in [6, 6.07) is 7.06. The molecule has 0 aliphatic rings. The number of aromatic nitrogens is 2. The number of amides is 1. The van der Waals surface area contributed by atoms with Crippen LogP contribution in [0.1, 0.15) is 36.8 Å². The predicted molar refractivity (Wildman–Crippen MR) is 108 cm³/mol. The van der Waals surface area contributed by atoms with E-state index < -0.39 is 0 Å². The molecule has 148 valence electrons. The number of ether oxygens (including phenoxy) is 3. The van der Waals surface area contributed by atoms with E-state index in [0.717, 1.165) is 11.3 Å². The van der Waals surface area contributed by atoms with E-state index in [4.69, 9.17) is 14.2 Å². The maximum Gasteiger partial charge on any atom is 0.255 e. The Morgan fingerprint density at radius 1 is 1.04 bits per heavy atom. The van der Waals surface area contributed by atoms with Crippen LogP contribution in [0, 0.1) is 6.92 Å². The molecule has 0 saturated heterocycles. The van der Waals surface area contributed by atoms with Gasteiger partial charge in [0.05, 0.1) is 25.5 Å². The minimum atomic E-state index is -0.257. The molecule has 7 nitrogen and oxygen atoms in total. The lowest BCUT2D eigenvalue weighted by molar-refractivity contribution is 0.102. The topological polar surface area (TPSA) is 74.1 Å². The molecule has 2 aromatic heterocycles. The minimum absolute atomic E-state index is 0.257. The fraction of sp³-hybridized carbons (Fsp3) is 0.333. The Labute approximate surface area is 164 Å². The highest BCUT2D eigenvalue weighted by molar-refractivity contribution is 6.05.